The predicted octanol–water partition coefficient (Wildman–Crippen LogP) is 1.54. The first-order chi connectivity index (χ1) is 8.65. The maximum absolute atomic E-state index is 12.0. The standard InChI is InChI=1S/C10H15F3N2O3S/c1-7-9(5-8(18-7)6-14-2)19(16,17)15-4-3-10(11,12)13/h5,14-15H,3-4,6H2,1-2H3. The first-order valence-corrected chi connectivity index (χ1v) is 6.94. The van der Waals surface area contributed by atoms with Gasteiger partial charge in [-0.2, -0.15) is 13.2 Å². The van der Waals surface area contributed by atoms with Crippen LogP contribution in [0.5, 0.6) is 0 Å². The van der Waals surface area contributed by atoms with Crippen LogP contribution in [0.15, 0.2) is 15.4 Å². The van der Waals surface area contributed by atoms with Crippen molar-refractivity contribution in [1.82, 2.24) is 10.0 Å². The summed E-state index contributed by atoms with van der Waals surface area (Å²) >= 11 is 0. The molecule has 1 aromatic rings. The Balaban J connectivity index is 2.77. The fourth-order valence-electron chi connectivity index (χ4n) is 1.46. The lowest BCUT2D eigenvalue weighted by Crippen LogP contribution is -2.28. The van der Waals surface area contributed by atoms with E-state index in [1.54, 1.807) is 7.05 Å². The van der Waals surface area contributed by atoms with Gasteiger partial charge < -0.3 is 9.73 Å². The van der Waals surface area contributed by atoms with Crippen molar-refractivity contribution < 1.29 is 26.0 Å². The largest absolute Gasteiger partial charge is 0.464 e. The predicted molar refractivity (Wildman–Crippen MR) is 62.1 cm³/mol. The van der Waals surface area contributed by atoms with Gasteiger partial charge in [0.2, 0.25) is 10.0 Å². The molecule has 0 saturated heterocycles. The summed E-state index contributed by atoms with van der Waals surface area (Å²) < 4.78 is 66.5. The summed E-state index contributed by atoms with van der Waals surface area (Å²) in [5.74, 6) is 0.543. The van der Waals surface area contributed by atoms with E-state index in [0.29, 0.717) is 12.3 Å². The van der Waals surface area contributed by atoms with Gasteiger partial charge in [0.15, 0.2) is 0 Å². The van der Waals surface area contributed by atoms with Gasteiger partial charge in [0, 0.05) is 12.6 Å². The van der Waals surface area contributed by atoms with Gasteiger partial charge in [-0.05, 0) is 14.0 Å². The van der Waals surface area contributed by atoms with Crippen molar-refractivity contribution in [3.8, 4) is 0 Å². The van der Waals surface area contributed by atoms with Crippen molar-refractivity contribution in [2.75, 3.05) is 13.6 Å². The molecule has 19 heavy (non-hydrogen) atoms. The normalized spacial score (nSPS) is 12.9. The van der Waals surface area contributed by atoms with Crippen LogP contribution in [-0.2, 0) is 16.6 Å². The summed E-state index contributed by atoms with van der Waals surface area (Å²) in [6.45, 7) is 1.08. The Morgan fingerprint density at radius 2 is 2.00 bits per heavy atom. The van der Waals surface area contributed by atoms with Gasteiger partial charge in [0.05, 0.1) is 13.0 Å². The van der Waals surface area contributed by atoms with Crippen LogP contribution in [0, 0.1) is 6.92 Å². The molecular weight excluding hydrogens is 285 g/mol. The van der Waals surface area contributed by atoms with Gasteiger partial charge in [0.25, 0.3) is 0 Å². The van der Waals surface area contributed by atoms with Crippen LogP contribution in [0.25, 0.3) is 0 Å². The zero-order chi connectivity index (χ0) is 14.7. The molecule has 0 saturated carbocycles. The van der Waals surface area contributed by atoms with E-state index in [1.165, 1.54) is 13.0 Å². The second kappa shape index (κ2) is 5.93. The number of rotatable bonds is 6. The van der Waals surface area contributed by atoms with Crippen molar-refractivity contribution in [1.29, 1.82) is 0 Å². The molecule has 0 atom stereocenters. The molecule has 0 amide bonds. The number of furan rings is 1. The lowest BCUT2D eigenvalue weighted by atomic mass is 10.4. The third-order valence-corrected chi connectivity index (χ3v) is 3.83. The van der Waals surface area contributed by atoms with Gasteiger partial charge in [-0.25, -0.2) is 13.1 Å². The van der Waals surface area contributed by atoms with Gasteiger partial charge in [-0.15, -0.1) is 0 Å². The molecule has 110 valence electrons. The molecule has 0 bridgehead atoms. The molecule has 0 aromatic carbocycles. The Morgan fingerprint density at radius 3 is 2.53 bits per heavy atom. The third-order valence-electron chi connectivity index (χ3n) is 2.26. The smallest absolute Gasteiger partial charge is 0.390 e. The summed E-state index contributed by atoms with van der Waals surface area (Å²) in [6, 6.07) is 1.29. The SMILES string of the molecule is CNCc1cc(S(=O)(=O)NCCC(F)(F)F)c(C)o1. The quantitative estimate of drug-likeness (QED) is 0.836. The van der Waals surface area contributed by atoms with Crippen molar-refractivity contribution in [2.45, 2.75) is 31.0 Å². The second-order valence-corrected chi connectivity index (χ2v) is 5.66. The van der Waals surface area contributed by atoms with Crippen LogP contribution in [0.4, 0.5) is 13.2 Å². The van der Waals surface area contributed by atoms with E-state index >= 15 is 0 Å². The van der Waals surface area contributed by atoms with E-state index in [-0.39, 0.29) is 10.7 Å². The first-order valence-electron chi connectivity index (χ1n) is 5.46. The van der Waals surface area contributed by atoms with E-state index < -0.39 is 29.2 Å². The molecule has 2 N–H and O–H groups in total. The van der Waals surface area contributed by atoms with Crippen LogP contribution in [-0.4, -0.2) is 28.2 Å². The number of sulfonamides is 1. The molecule has 0 aliphatic rings. The topological polar surface area (TPSA) is 71.3 Å². The minimum Gasteiger partial charge on any atom is -0.464 e. The number of nitrogens with one attached hydrogen (secondary N) is 2. The Hall–Kier alpha value is -1.06. The highest BCUT2D eigenvalue weighted by molar-refractivity contribution is 7.89. The monoisotopic (exact) mass is 300 g/mol. The van der Waals surface area contributed by atoms with E-state index in [1.807, 2.05) is 4.72 Å². The van der Waals surface area contributed by atoms with Crippen molar-refractivity contribution in [2.24, 2.45) is 0 Å². The van der Waals surface area contributed by atoms with Crippen LogP contribution in [0.2, 0.25) is 0 Å². The Morgan fingerprint density at radius 1 is 1.37 bits per heavy atom. The molecule has 5 nitrogen and oxygen atoms in total. The summed E-state index contributed by atoms with van der Waals surface area (Å²) in [5, 5.41) is 2.78. The van der Waals surface area contributed by atoms with E-state index in [2.05, 4.69) is 5.32 Å². The van der Waals surface area contributed by atoms with Gasteiger partial charge >= 0.3 is 6.18 Å². The van der Waals surface area contributed by atoms with Gasteiger partial charge in [-0.1, -0.05) is 0 Å². The molecule has 0 unspecified atom stereocenters. The molecule has 0 fully saturated rings. The van der Waals surface area contributed by atoms with Crippen LogP contribution < -0.4 is 10.0 Å². The summed E-state index contributed by atoms with van der Waals surface area (Å²) in [6.07, 6.45) is -5.61. The third kappa shape index (κ3) is 4.84. The lowest BCUT2D eigenvalue weighted by molar-refractivity contribution is -0.132. The highest BCUT2D eigenvalue weighted by atomic mass is 32.2. The molecule has 1 rings (SSSR count). The molecule has 0 spiro atoms. The summed E-state index contributed by atoms with van der Waals surface area (Å²) in [4.78, 5) is -0.139. The van der Waals surface area contributed by atoms with E-state index in [9.17, 15) is 21.6 Å². The Bertz CT molecular complexity index is 523. The lowest BCUT2D eigenvalue weighted by Gasteiger charge is -2.07. The van der Waals surface area contributed by atoms with Crippen molar-refractivity contribution in [3.63, 3.8) is 0 Å². The fraction of sp³-hybridized carbons (Fsp3) is 0.600. The highest BCUT2D eigenvalue weighted by Gasteiger charge is 2.28. The second-order valence-electron chi connectivity index (χ2n) is 3.93. The maximum Gasteiger partial charge on any atom is 0.390 e. The Kier molecular flexibility index (Phi) is 4.99. The number of hydrogen-bond donors (Lipinski definition) is 2. The molecular formula is C10H15F3N2O3S. The van der Waals surface area contributed by atoms with Gasteiger partial charge in [-0.3, -0.25) is 0 Å². The molecule has 1 heterocycles. The summed E-state index contributed by atoms with van der Waals surface area (Å²) in [7, 11) is -2.32. The minimum atomic E-state index is -4.40. The maximum atomic E-state index is 12.0. The van der Waals surface area contributed by atoms with Crippen LogP contribution >= 0.6 is 0 Å². The molecule has 0 radical (unpaired) electrons. The molecule has 0 aliphatic heterocycles. The molecule has 9 heteroatoms. The minimum absolute atomic E-state index is 0.139. The average Bonchev–Trinajstić information content (AvgIpc) is 2.58. The zero-order valence-corrected chi connectivity index (χ0v) is 11.3. The molecule has 1 aromatic heterocycles. The van der Waals surface area contributed by atoms with Crippen LogP contribution in [0.1, 0.15) is 17.9 Å². The number of halogens is 3. The first kappa shape index (κ1) is 16.0. The van der Waals surface area contributed by atoms with E-state index in [0.717, 1.165) is 0 Å². The summed E-state index contributed by atoms with van der Waals surface area (Å²) in [5.41, 5.74) is 0. The average molecular weight is 300 g/mol. The van der Waals surface area contributed by atoms with E-state index in [4.69, 9.17) is 4.42 Å². The van der Waals surface area contributed by atoms with Gasteiger partial charge in [0.1, 0.15) is 16.4 Å². The van der Waals surface area contributed by atoms with Crippen LogP contribution in [0.3, 0.4) is 0 Å². The highest BCUT2D eigenvalue weighted by Crippen LogP contribution is 2.21. The Labute approximate surface area is 109 Å². The number of aryl methyl sites for hydroxylation is 1. The van der Waals surface area contributed by atoms with Crippen molar-refractivity contribution >= 4 is 10.0 Å². The number of hydrogen-bond acceptors (Lipinski definition) is 4. The molecule has 0 aliphatic carbocycles. The number of alkyl halides is 3. The zero-order valence-electron chi connectivity index (χ0n) is 10.5. The van der Waals surface area contributed by atoms with Crippen molar-refractivity contribution in [3.05, 3.63) is 17.6 Å². The fourth-order valence-corrected chi connectivity index (χ4v) is 2.69.